The van der Waals surface area contributed by atoms with Crippen LogP contribution in [0.5, 0.6) is 0 Å². The van der Waals surface area contributed by atoms with E-state index in [9.17, 15) is 4.79 Å². The van der Waals surface area contributed by atoms with Gasteiger partial charge in [-0.05, 0) is 13.3 Å². The van der Waals surface area contributed by atoms with Gasteiger partial charge >= 0.3 is 0 Å². The number of amides is 1. The van der Waals surface area contributed by atoms with E-state index in [4.69, 9.17) is 5.21 Å². The molecule has 9 heavy (non-hydrogen) atoms. The highest BCUT2D eigenvalue weighted by atomic mass is 31.1. The summed E-state index contributed by atoms with van der Waals surface area (Å²) >= 11 is 0. The van der Waals surface area contributed by atoms with Gasteiger partial charge in [-0.15, -0.1) is 8.58 Å². The first-order chi connectivity index (χ1) is 4.22. The van der Waals surface area contributed by atoms with Crippen molar-refractivity contribution in [3.8, 4) is 0 Å². The Morgan fingerprint density at radius 1 is 1.67 bits per heavy atom. The second kappa shape index (κ2) is 10.8. The number of nitrogens with one attached hydrogen (secondary N) is 1. The lowest BCUT2D eigenvalue weighted by Gasteiger charge is -1.85. The molecule has 2 N–H and O–H groups in total. The summed E-state index contributed by atoms with van der Waals surface area (Å²) in [5.41, 5.74) is 1.48. The zero-order valence-electron chi connectivity index (χ0n) is 6.06. The molecule has 56 valence electrons. The maximum absolute atomic E-state index is 9.82. The van der Waals surface area contributed by atoms with Crippen molar-refractivity contribution in [2.45, 2.75) is 13.3 Å². The standard InChI is InChI=1S/C3H7NO2.C2H7P/c1-2-3(5)4-6;1-3-2/h6H,2H2,1H3,(H,4,5);3H,1-2H3. The van der Waals surface area contributed by atoms with E-state index in [2.05, 4.69) is 13.3 Å². The molecule has 3 nitrogen and oxygen atoms in total. The Bertz CT molecular complexity index is 62.0. The van der Waals surface area contributed by atoms with Gasteiger partial charge in [0.1, 0.15) is 0 Å². The summed E-state index contributed by atoms with van der Waals surface area (Å²) in [7, 11) is 1.08. The molecule has 0 saturated heterocycles. The van der Waals surface area contributed by atoms with E-state index in [1.807, 2.05) is 0 Å². The number of carbonyl (C=O) groups excluding carboxylic acids is 1. The van der Waals surface area contributed by atoms with Crippen molar-refractivity contribution in [3.05, 3.63) is 0 Å². The fourth-order valence-corrected chi connectivity index (χ4v) is 0.0791. The van der Waals surface area contributed by atoms with Crippen LogP contribution < -0.4 is 5.48 Å². The lowest BCUT2D eigenvalue weighted by atomic mass is 10.5. The average molecular weight is 151 g/mol. The van der Waals surface area contributed by atoms with E-state index in [-0.39, 0.29) is 5.91 Å². The van der Waals surface area contributed by atoms with Crippen molar-refractivity contribution in [2.75, 3.05) is 13.3 Å². The quantitative estimate of drug-likeness (QED) is 0.331. The summed E-state index contributed by atoms with van der Waals surface area (Å²) < 4.78 is 0. The molecule has 0 unspecified atom stereocenters. The van der Waals surface area contributed by atoms with Gasteiger partial charge in [0, 0.05) is 6.42 Å². The van der Waals surface area contributed by atoms with Gasteiger partial charge in [0.05, 0.1) is 0 Å². The molecule has 0 saturated carbocycles. The molecule has 0 aliphatic heterocycles. The lowest BCUT2D eigenvalue weighted by molar-refractivity contribution is -0.128. The van der Waals surface area contributed by atoms with Crippen LogP contribution >= 0.6 is 8.58 Å². The van der Waals surface area contributed by atoms with E-state index in [0.29, 0.717) is 6.42 Å². The number of carbonyl (C=O) groups is 1. The molecule has 0 fully saturated rings. The molecule has 0 aromatic rings. The lowest BCUT2D eigenvalue weighted by Crippen LogP contribution is -2.16. The first-order valence-corrected chi connectivity index (χ1v) is 4.74. The van der Waals surface area contributed by atoms with Crippen molar-refractivity contribution in [3.63, 3.8) is 0 Å². The minimum absolute atomic E-state index is 0.330. The second-order valence-electron chi connectivity index (χ2n) is 1.39. The molecular formula is C5H14NO2P. The van der Waals surface area contributed by atoms with Gasteiger partial charge in [0.15, 0.2) is 0 Å². The summed E-state index contributed by atoms with van der Waals surface area (Å²) in [4.78, 5) is 9.82. The SMILES string of the molecule is CCC(=O)NO.CPC. The van der Waals surface area contributed by atoms with E-state index in [1.54, 1.807) is 6.92 Å². The Hall–Kier alpha value is -0.140. The maximum atomic E-state index is 9.82. The molecule has 0 aromatic heterocycles. The fourth-order valence-electron chi connectivity index (χ4n) is 0.0791. The molecule has 1 amide bonds. The van der Waals surface area contributed by atoms with Crippen LogP contribution in [0.2, 0.25) is 0 Å². The van der Waals surface area contributed by atoms with Crippen molar-refractivity contribution in [1.82, 2.24) is 5.48 Å². The smallest absolute Gasteiger partial charge is 0.243 e. The molecule has 0 aliphatic rings. The van der Waals surface area contributed by atoms with Crippen molar-refractivity contribution in [2.24, 2.45) is 0 Å². The molecule has 0 heterocycles. The normalized spacial score (nSPS) is 7.11. The van der Waals surface area contributed by atoms with Crippen LogP contribution in [0.3, 0.4) is 0 Å². The Labute approximate surface area is 57.6 Å². The molecule has 0 aliphatic carbocycles. The van der Waals surface area contributed by atoms with Crippen LogP contribution in [-0.2, 0) is 4.79 Å². The van der Waals surface area contributed by atoms with Crippen molar-refractivity contribution < 1.29 is 10.0 Å². The first kappa shape index (κ1) is 11.6. The van der Waals surface area contributed by atoms with Gasteiger partial charge < -0.3 is 0 Å². The fraction of sp³-hybridized carbons (Fsp3) is 0.800. The van der Waals surface area contributed by atoms with Crippen LogP contribution in [0, 0.1) is 0 Å². The summed E-state index contributed by atoms with van der Waals surface area (Å²) in [5.74, 6) is -0.352. The minimum Gasteiger partial charge on any atom is -0.289 e. The van der Waals surface area contributed by atoms with Crippen molar-refractivity contribution in [1.29, 1.82) is 0 Å². The van der Waals surface area contributed by atoms with E-state index < -0.39 is 0 Å². The van der Waals surface area contributed by atoms with Crippen LogP contribution in [0.25, 0.3) is 0 Å². The number of rotatable bonds is 1. The second-order valence-corrected chi connectivity index (χ2v) is 2.39. The zero-order chi connectivity index (χ0) is 7.70. The third-order valence-electron chi connectivity index (χ3n) is 0.446. The maximum Gasteiger partial charge on any atom is 0.243 e. The highest BCUT2D eigenvalue weighted by Crippen LogP contribution is 1.84. The minimum atomic E-state index is -0.352. The Kier molecular flexibility index (Phi) is 13.9. The molecular weight excluding hydrogens is 137 g/mol. The topological polar surface area (TPSA) is 49.3 Å². The van der Waals surface area contributed by atoms with Gasteiger partial charge in [0.25, 0.3) is 0 Å². The summed E-state index contributed by atoms with van der Waals surface area (Å²) in [6, 6.07) is 0. The Morgan fingerprint density at radius 2 is 2.00 bits per heavy atom. The van der Waals surface area contributed by atoms with Gasteiger partial charge in [0.2, 0.25) is 5.91 Å². The monoisotopic (exact) mass is 151 g/mol. The molecule has 0 atom stereocenters. The van der Waals surface area contributed by atoms with Crippen LogP contribution in [0.4, 0.5) is 0 Å². The van der Waals surface area contributed by atoms with E-state index >= 15 is 0 Å². The van der Waals surface area contributed by atoms with Gasteiger partial charge in [-0.2, -0.15) is 0 Å². The molecule has 0 rings (SSSR count). The third-order valence-corrected chi connectivity index (χ3v) is 0.446. The van der Waals surface area contributed by atoms with E-state index in [1.165, 1.54) is 5.48 Å². The average Bonchev–Trinajstić information content (AvgIpc) is 1.88. The first-order valence-electron chi connectivity index (χ1n) is 2.74. The zero-order valence-corrected chi connectivity index (χ0v) is 7.06. The van der Waals surface area contributed by atoms with Crippen LogP contribution in [-0.4, -0.2) is 24.4 Å². The number of hydrogen-bond donors (Lipinski definition) is 2. The molecule has 4 heteroatoms. The molecule has 0 aromatic carbocycles. The number of hydrogen-bond acceptors (Lipinski definition) is 2. The van der Waals surface area contributed by atoms with Gasteiger partial charge in [-0.3, -0.25) is 10.0 Å². The van der Waals surface area contributed by atoms with Gasteiger partial charge in [-0.1, -0.05) is 6.92 Å². The summed E-state index contributed by atoms with van der Waals surface area (Å²) in [6.45, 7) is 5.96. The summed E-state index contributed by atoms with van der Waals surface area (Å²) in [6.07, 6.45) is 0.330. The highest BCUT2D eigenvalue weighted by molar-refractivity contribution is 7.35. The van der Waals surface area contributed by atoms with Crippen LogP contribution in [0.15, 0.2) is 0 Å². The number of hydroxylamine groups is 1. The largest absolute Gasteiger partial charge is 0.289 e. The van der Waals surface area contributed by atoms with Crippen molar-refractivity contribution >= 4 is 14.5 Å². The Balaban J connectivity index is 0. The van der Waals surface area contributed by atoms with Crippen LogP contribution in [0.1, 0.15) is 13.3 Å². The molecule has 0 bridgehead atoms. The van der Waals surface area contributed by atoms with Gasteiger partial charge in [-0.25, -0.2) is 5.48 Å². The third kappa shape index (κ3) is 18.1. The molecule has 0 spiro atoms. The summed E-state index contributed by atoms with van der Waals surface area (Å²) in [5, 5.41) is 7.74. The predicted molar refractivity (Wildman–Crippen MR) is 40.4 cm³/mol. The Morgan fingerprint density at radius 3 is 2.00 bits per heavy atom. The van der Waals surface area contributed by atoms with E-state index in [0.717, 1.165) is 8.58 Å². The molecule has 0 radical (unpaired) electrons. The highest BCUT2D eigenvalue weighted by Gasteiger charge is 1.86. The predicted octanol–water partition coefficient (Wildman–Crippen LogP) is 0.826.